The first kappa shape index (κ1) is 19.7. The number of quaternary nitrogens is 1. The largest absolute Gasteiger partial charge is 0.487 e. The quantitative estimate of drug-likeness (QED) is 0.468. The summed E-state index contributed by atoms with van der Waals surface area (Å²) in [7, 11) is -4.94. The van der Waals surface area contributed by atoms with Crippen LogP contribution in [0.3, 0.4) is 0 Å². The summed E-state index contributed by atoms with van der Waals surface area (Å²) in [6.07, 6.45) is 0. The third kappa shape index (κ3) is 7.39. The van der Waals surface area contributed by atoms with E-state index in [1.54, 1.807) is 0 Å². The van der Waals surface area contributed by atoms with Crippen LogP contribution < -0.4 is 23.4 Å². The molecule has 0 amide bonds. The Morgan fingerprint density at radius 1 is 0.920 bits per heavy atom. The minimum absolute atomic E-state index is 0.537. The van der Waals surface area contributed by atoms with Crippen LogP contribution in [-0.4, -0.2) is 30.2 Å². The molecule has 25 heavy (non-hydrogen) atoms. The van der Waals surface area contributed by atoms with Gasteiger partial charge in [-0.15, -0.1) is 10.2 Å². The first-order valence-electron chi connectivity index (χ1n) is 7.98. The molecule has 0 spiro atoms. The highest BCUT2D eigenvalue weighted by Crippen LogP contribution is 2.30. The summed E-state index contributed by atoms with van der Waals surface area (Å²) in [5.74, 6) is 0.971. The topological polar surface area (TPSA) is 101 Å². The van der Waals surface area contributed by atoms with Gasteiger partial charge in [0.2, 0.25) is 0 Å². The molecule has 6 nitrogen and oxygen atoms in total. The predicted molar refractivity (Wildman–Crippen MR) is 81.5 cm³/mol. The predicted octanol–water partition coefficient (Wildman–Crippen LogP) is -1.27. The monoisotopic (exact) mass is 367 g/mol. The zero-order chi connectivity index (χ0) is 18.3. The van der Waals surface area contributed by atoms with Crippen molar-refractivity contribution in [1.82, 2.24) is 0 Å². The maximum Gasteiger partial charge on any atom is 0.140 e. The highest BCUT2D eigenvalue weighted by Gasteiger charge is 2.47. The Bertz CT molecular complexity index is 623. The number of rotatable bonds is 6. The molecule has 1 unspecified atom stereocenters. The second-order valence-electron chi connectivity index (χ2n) is 6.16. The fraction of sp³-hybridized carbons (Fsp3) is 0.333. The normalized spacial score (nSPS) is 16.4. The summed E-state index contributed by atoms with van der Waals surface area (Å²) in [6, 6.07) is 21.4. The van der Waals surface area contributed by atoms with Crippen LogP contribution in [0, 0.1) is 10.2 Å². The summed E-state index contributed by atoms with van der Waals surface area (Å²) >= 11 is 0. The number of hydrogen-bond donors (Lipinski definition) is 0. The second-order valence-corrected chi connectivity index (χ2v) is 6.92. The maximum atomic E-state index is 8.49. The van der Waals surface area contributed by atoms with E-state index in [1.165, 1.54) is 18.7 Å². The van der Waals surface area contributed by atoms with Crippen LogP contribution in [0.15, 0.2) is 60.7 Å². The van der Waals surface area contributed by atoms with Crippen LogP contribution >= 0.6 is 0 Å². The Kier molecular flexibility index (Phi) is 6.78. The van der Waals surface area contributed by atoms with Crippen LogP contribution in [0.5, 0.6) is 5.75 Å². The van der Waals surface area contributed by atoms with Gasteiger partial charge in [-0.2, -0.15) is 0 Å². The Labute approximate surface area is 149 Å². The van der Waals surface area contributed by atoms with Crippen molar-refractivity contribution >= 4 is 0 Å². The standard InChI is InChI=1S/C18H22NO.ClHO4/c1-16(15-20-18-10-6-3-7-11-18)19(12-13-19)14-17-8-4-2-5-9-17;2-1(3,4)5/h2-11,16H,12-15H2,1H3;(H,2,3,4,5)/q+1;/p-1. The van der Waals surface area contributed by atoms with Crippen molar-refractivity contribution in [2.45, 2.75) is 19.5 Å². The molecule has 0 bridgehead atoms. The summed E-state index contributed by atoms with van der Waals surface area (Å²) in [6.45, 7) is 6.76. The molecule has 1 heterocycles. The molecule has 0 N–H and O–H groups in total. The van der Waals surface area contributed by atoms with Crippen molar-refractivity contribution in [2.75, 3.05) is 19.7 Å². The van der Waals surface area contributed by atoms with Crippen LogP contribution in [0.25, 0.3) is 0 Å². The first-order valence-corrected chi connectivity index (χ1v) is 9.21. The number of hydrogen-bond acceptors (Lipinski definition) is 5. The fourth-order valence-corrected chi connectivity index (χ4v) is 2.72. The van der Waals surface area contributed by atoms with Gasteiger partial charge in [0.15, 0.2) is 0 Å². The van der Waals surface area contributed by atoms with Crippen molar-refractivity contribution < 1.29 is 38.1 Å². The molecule has 0 radical (unpaired) electrons. The Balaban J connectivity index is 0.000000399. The molecule has 0 saturated carbocycles. The molecular weight excluding hydrogens is 346 g/mol. The van der Waals surface area contributed by atoms with Crippen molar-refractivity contribution in [1.29, 1.82) is 0 Å². The number of benzene rings is 2. The Morgan fingerprint density at radius 3 is 1.88 bits per heavy atom. The molecule has 7 heteroatoms. The third-order valence-corrected chi connectivity index (χ3v) is 4.31. The van der Waals surface area contributed by atoms with Crippen molar-refractivity contribution in [3.8, 4) is 5.75 Å². The zero-order valence-electron chi connectivity index (χ0n) is 14.0. The molecule has 1 fully saturated rings. The number of para-hydroxylation sites is 1. The number of halogens is 1. The Morgan fingerprint density at radius 2 is 1.40 bits per heavy atom. The molecule has 1 saturated heterocycles. The molecule has 136 valence electrons. The maximum absolute atomic E-state index is 8.49. The second kappa shape index (κ2) is 8.62. The molecular formula is C18H22ClNO5. The first-order chi connectivity index (χ1) is 11.8. The SMILES string of the molecule is CC(COc1ccccc1)[N+]1(Cc2ccccc2)CC1.[O-][Cl+3]([O-])([O-])[O-]. The van der Waals surface area contributed by atoms with E-state index in [9.17, 15) is 0 Å². The van der Waals surface area contributed by atoms with Crippen LogP contribution in [0.4, 0.5) is 0 Å². The molecule has 1 aliphatic heterocycles. The summed E-state index contributed by atoms with van der Waals surface area (Å²) in [5.41, 5.74) is 1.43. The fourth-order valence-electron chi connectivity index (χ4n) is 2.72. The van der Waals surface area contributed by atoms with Crippen molar-refractivity contribution in [2.24, 2.45) is 0 Å². The van der Waals surface area contributed by atoms with Gasteiger partial charge < -0.3 is 9.22 Å². The molecule has 1 atom stereocenters. The Hall–Kier alpha value is -1.67. The van der Waals surface area contributed by atoms with Gasteiger partial charge >= 0.3 is 0 Å². The van der Waals surface area contributed by atoms with Crippen molar-refractivity contribution in [3.63, 3.8) is 0 Å². The van der Waals surface area contributed by atoms with E-state index in [1.807, 2.05) is 30.3 Å². The number of nitrogens with zero attached hydrogens (tertiary/aromatic N) is 1. The minimum Gasteiger partial charge on any atom is -0.487 e. The molecule has 1 aliphatic rings. The molecule has 0 aromatic heterocycles. The average molecular weight is 368 g/mol. The molecule has 3 rings (SSSR count). The van der Waals surface area contributed by atoms with E-state index in [4.69, 9.17) is 23.4 Å². The smallest absolute Gasteiger partial charge is 0.140 e. The van der Waals surface area contributed by atoms with Gasteiger partial charge in [-0.25, -0.2) is 18.6 Å². The summed E-state index contributed by atoms with van der Waals surface area (Å²) in [5, 5.41) is 0. The molecule has 2 aromatic rings. The lowest BCUT2D eigenvalue weighted by atomic mass is 10.2. The lowest BCUT2D eigenvalue weighted by Crippen LogP contribution is -2.68. The van der Waals surface area contributed by atoms with Crippen molar-refractivity contribution in [3.05, 3.63) is 66.2 Å². The van der Waals surface area contributed by atoms with E-state index in [0.29, 0.717) is 6.04 Å². The van der Waals surface area contributed by atoms with E-state index >= 15 is 0 Å². The summed E-state index contributed by atoms with van der Waals surface area (Å²) in [4.78, 5) is 0. The van der Waals surface area contributed by atoms with Crippen LogP contribution in [0.1, 0.15) is 12.5 Å². The van der Waals surface area contributed by atoms with E-state index in [0.717, 1.165) is 23.4 Å². The van der Waals surface area contributed by atoms with Gasteiger partial charge in [0.05, 0.1) is 0 Å². The zero-order valence-corrected chi connectivity index (χ0v) is 14.8. The highest BCUT2D eigenvalue weighted by molar-refractivity contribution is 5.21. The highest BCUT2D eigenvalue weighted by atomic mass is 35.7. The summed E-state index contributed by atoms with van der Waals surface area (Å²) < 4.78 is 41.1. The van der Waals surface area contributed by atoms with Crippen LogP contribution in [-0.2, 0) is 6.54 Å². The number of ether oxygens (including phenoxy) is 1. The minimum atomic E-state index is -4.94. The van der Waals surface area contributed by atoms with Gasteiger partial charge in [-0.05, 0) is 19.1 Å². The average Bonchev–Trinajstić information content (AvgIpc) is 3.34. The van der Waals surface area contributed by atoms with Gasteiger partial charge in [0, 0.05) is 5.56 Å². The van der Waals surface area contributed by atoms with Gasteiger partial charge in [-0.3, -0.25) is 0 Å². The lowest BCUT2D eigenvalue weighted by molar-refractivity contribution is -2.00. The van der Waals surface area contributed by atoms with Gasteiger partial charge in [0.1, 0.15) is 38.0 Å². The van der Waals surface area contributed by atoms with E-state index < -0.39 is 10.2 Å². The van der Waals surface area contributed by atoms with E-state index in [-0.39, 0.29) is 0 Å². The third-order valence-electron chi connectivity index (χ3n) is 4.31. The van der Waals surface area contributed by atoms with Gasteiger partial charge in [0.25, 0.3) is 0 Å². The molecule has 0 aliphatic carbocycles. The van der Waals surface area contributed by atoms with E-state index in [2.05, 4.69) is 37.3 Å². The lowest BCUT2D eigenvalue weighted by Gasteiger charge is -2.26. The van der Waals surface area contributed by atoms with Crippen LogP contribution in [0.2, 0.25) is 0 Å². The van der Waals surface area contributed by atoms with Gasteiger partial charge in [-0.1, -0.05) is 48.5 Å². The molecule has 2 aromatic carbocycles.